The Bertz CT molecular complexity index is 1090. The van der Waals surface area contributed by atoms with Crippen molar-refractivity contribution in [3.8, 4) is 17.1 Å². The van der Waals surface area contributed by atoms with Gasteiger partial charge in [0.25, 0.3) is 0 Å². The number of hydrogen-bond donors (Lipinski definition) is 1. The first-order chi connectivity index (χ1) is 17.6. The lowest BCUT2D eigenvalue weighted by Gasteiger charge is -2.40. The van der Waals surface area contributed by atoms with Crippen molar-refractivity contribution in [2.24, 2.45) is 0 Å². The number of likely N-dealkylation sites (N-methyl/N-ethyl adjacent to an activating group) is 1. The summed E-state index contributed by atoms with van der Waals surface area (Å²) in [5.74, 6) is 0.436. The number of carbonyl (C=O) groups excluding carboxylic acids is 2. The summed E-state index contributed by atoms with van der Waals surface area (Å²) in [7, 11) is 2.06. The second kappa shape index (κ2) is 11.0. The Morgan fingerprint density at radius 1 is 1.14 bits per heavy atom. The van der Waals surface area contributed by atoms with Gasteiger partial charge in [-0.2, -0.15) is 10.2 Å². The minimum Gasteiger partial charge on any atom is -0.477 e. The molecule has 0 radical (unpaired) electrons. The zero-order valence-electron chi connectivity index (χ0n) is 22.5. The van der Waals surface area contributed by atoms with Crippen LogP contribution in [-0.4, -0.2) is 88.5 Å². The van der Waals surface area contributed by atoms with Gasteiger partial charge in [-0.3, -0.25) is 4.79 Å². The maximum absolute atomic E-state index is 13.8. The highest BCUT2D eigenvalue weighted by molar-refractivity contribution is 5.88. The molecule has 2 fully saturated rings. The molecule has 0 saturated carbocycles. The van der Waals surface area contributed by atoms with Crippen LogP contribution in [-0.2, 0) is 14.9 Å². The number of carbonyl (C=O) groups is 2. The summed E-state index contributed by atoms with van der Waals surface area (Å²) in [6, 6.07) is 7.54. The Balaban J connectivity index is 1.59. The fourth-order valence-electron chi connectivity index (χ4n) is 4.94. The minimum absolute atomic E-state index is 0.0601. The van der Waals surface area contributed by atoms with Crippen LogP contribution in [0.5, 0.6) is 5.88 Å². The molecule has 10 heteroatoms. The smallest absolute Gasteiger partial charge is 0.410 e. The van der Waals surface area contributed by atoms with E-state index in [9.17, 15) is 9.59 Å². The Kier molecular flexibility index (Phi) is 7.96. The first kappa shape index (κ1) is 26.8. The van der Waals surface area contributed by atoms with Crippen LogP contribution in [0.15, 0.2) is 30.5 Å². The molecule has 0 aromatic carbocycles. The zero-order valence-corrected chi connectivity index (χ0v) is 22.5. The monoisotopic (exact) mass is 510 g/mol. The number of likely N-dealkylation sites (tertiary alicyclic amines) is 2. The van der Waals surface area contributed by atoms with Crippen molar-refractivity contribution < 1.29 is 19.1 Å². The molecule has 0 spiro atoms. The predicted molar refractivity (Wildman–Crippen MR) is 139 cm³/mol. The molecule has 2 aromatic heterocycles. The van der Waals surface area contributed by atoms with Crippen LogP contribution >= 0.6 is 0 Å². The molecule has 0 unspecified atom stereocenters. The highest BCUT2D eigenvalue weighted by Crippen LogP contribution is 2.36. The van der Waals surface area contributed by atoms with Gasteiger partial charge in [-0.25, -0.2) is 9.78 Å². The fourth-order valence-corrected chi connectivity index (χ4v) is 4.94. The van der Waals surface area contributed by atoms with Crippen LogP contribution in [0.4, 0.5) is 4.79 Å². The number of pyridine rings is 1. The van der Waals surface area contributed by atoms with Gasteiger partial charge >= 0.3 is 6.09 Å². The molecule has 37 heavy (non-hydrogen) atoms. The van der Waals surface area contributed by atoms with Gasteiger partial charge < -0.3 is 24.6 Å². The van der Waals surface area contributed by atoms with Crippen molar-refractivity contribution in [1.82, 2.24) is 30.3 Å². The molecule has 10 nitrogen and oxygen atoms in total. The molecule has 0 aliphatic carbocycles. The molecule has 200 valence electrons. The van der Waals surface area contributed by atoms with E-state index in [4.69, 9.17) is 9.47 Å². The SMILES string of the molecule is CCOc1ncccc1-c1ccc(C2(C(=O)N[C@H]3CCN(C)C3)CCN(C(=O)OC(C)(C)C)CC2)nn1. The topological polar surface area (TPSA) is 110 Å². The molecule has 0 bridgehead atoms. The molecule has 1 N–H and O–H groups in total. The molecule has 2 aromatic rings. The largest absolute Gasteiger partial charge is 0.477 e. The van der Waals surface area contributed by atoms with E-state index < -0.39 is 11.0 Å². The average molecular weight is 511 g/mol. The number of ether oxygens (including phenoxy) is 2. The lowest BCUT2D eigenvalue weighted by Crippen LogP contribution is -2.55. The molecule has 2 amide bonds. The number of hydrogen-bond acceptors (Lipinski definition) is 8. The van der Waals surface area contributed by atoms with Gasteiger partial charge in [-0.05, 0) is 84.8 Å². The quantitative estimate of drug-likeness (QED) is 0.632. The predicted octanol–water partition coefficient (Wildman–Crippen LogP) is 3.03. The summed E-state index contributed by atoms with van der Waals surface area (Å²) >= 11 is 0. The Labute approximate surface area is 218 Å². The van der Waals surface area contributed by atoms with E-state index in [1.807, 2.05) is 52.0 Å². The van der Waals surface area contributed by atoms with Gasteiger partial charge in [0.15, 0.2) is 0 Å². The molecule has 2 aliphatic heterocycles. The summed E-state index contributed by atoms with van der Waals surface area (Å²) in [5.41, 5.74) is 0.509. The first-order valence-electron chi connectivity index (χ1n) is 13.0. The van der Waals surface area contributed by atoms with Gasteiger partial charge in [-0.1, -0.05) is 0 Å². The Morgan fingerprint density at radius 2 is 1.89 bits per heavy atom. The molecule has 4 rings (SSSR count). The van der Waals surface area contributed by atoms with Gasteiger partial charge in [0, 0.05) is 31.9 Å². The maximum Gasteiger partial charge on any atom is 0.410 e. The van der Waals surface area contributed by atoms with Gasteiger partial charge in [0.05, 0.1) is 29.0 Å². The summed E-state index contributed by atoms with van der Waals surface area (Å²) in [6.07, 6.45) is 3.10. The van der Waals surface area contributed by atoms with Crippen LogP contribution in [0.25, 0.3) is 11.3 Å². The summed E-state index contributed by atoms with van der Waals surface area (Å²) in [6.45, 7) is 10.5. The molecular weight excluding hydrogens is 472 g/mol. The third kappa shape index (κ3) is 6.18. The third-order valence-electron chi connectivity index (χ3n) is 6.91. The highest BCUT2D eigenvalue weighted by atomic mass is 16.6. The fraction of sp³-hybridized carbons (Fsp3) is 0.593. The lowest BCUT2D eigenvalue weighted by molar-refractivity contribution is -0.129. The second-order valence-electron chi connectivity index (χ2n) is 10.9. The van der Waals surface area contributed by atoms with Gasteiger partial charge in [0.1, 0.15) is 5.60 Å². The molecule has 2 saturated heterocycles. The summed E-state index contributed by atoms with van der Waals surface area (Å²) in [5, 5.41) is 12.3. The van der Waals surface area contributed by atoms with E-state index in [0.29, 0.717) is 49.8 Å². The summed E-state index contributed by atoms with van der Waals surface area (Å²) in [4.78, 5) is 34.7. The third-order valence-corrected chi connectivity index (χ3v) is 6.91. The number of nitrogens with one attached hydrogen (secondary N) is 1. The van der Waals surface area contributed by atoms with E-state index >= 15 is 0 Å². The van der Waals surface area contributed by atoms with Crippen LogP contribution in [0.3, 0.4) is 0 Å². The maximum atomic E-state index is 13.8. The average Bonchev–Trinajstić information content (AvgIpc) is 3.28. The first-order valence-corrected chi connectivity index (χ1v) is 13.0. The van der Waals surface area contributed by atoms with Crippen LogP contribution in [0.1, 0.15) is 52.7 Å². The van der Waals surface area contributed by atoms with Crippen molar-refractivity contribution in [2.75, 3.05) is 39.8 Å². The summed E-state index contributed by atoms with van der Waals surface area (Å²) < 4.78 is 11.2. The highest BCUT2D eigenvalue weighted by Gasteiger charge is 2.46. The number of rotatable bonds is 6. The lowest BCUT2D eigenvalue weighted by atomic mass is 9.74. The van der Waals surface area contributed by atoms with E-state index in [-0.39, 0.29) is 18.0 Å². The Hall–Kier alpha value is -3.27. The number of piperidine rings is 1. The van der Waals surface area contributed by atoms with E-state index in [0.717, 1.165) is 25.1 Å². The van der Waals surface area contributed by atoms with Crippen LogP contribution in [0, 0.1) is 0 Å². The number of amides is 2. The van der Waals surface area contributed by atoms with Gasteiger partial charge in [0.2, 0.25) is 11.8 Å². The zero-order chi connectivity index (χ0) is 26.6. The number of aromatic nitrogens is 3. The van der Waals surface area contributed by atoms with Crippen molar-refractivity contribution in [3.05, 3.63) is 36.2 Å². The standard InChI is InChI=1S/C27H38N6O4/c1-6-36-23-20(8-7-14-28-23)21-9-10-22(31-30-21)27(24(34)29-19-11-15-32(5)18-19)12-16-33(17-13-27)25(35)37-26(2,3)4/h7-10,14,19H,6,11-13,15-18H2,1-5H3,(H,29,34)/t19-/m0/s1. The Morgan fingerprint density at radius 3 is 2.49 bits per heavy atom. The normalized spacial score (nSPS) is 19.9. The second-order valence-corrected chi connectivity index (χ2v) is 10.9. The van der Waals surface area contributed by atoms with Crippen LogP contribution < -0.4 is 10.1 Å². The van der Waals surface area contributed by atoms with E-state index in [2.05, 4.69) is 32.4 Å². The molecular formula is C27H38N6O4. The minimum atomic E-state index is -0.886. The van der Waals surface area contributed by atoms with E-state index in [1.54, 1.807) is 11.1 Å². The van der Waals surface area contributed by atoms with E-state index in [1.165, 1.54) is 0 Å². The molecule has 4 heterocycles. The molecule has 1 atom stereocenters. The van der Waals surface area contributed by atoms with Crippen molar-refractivity contribution in [2.45, 2.75) is 64.0 Å². The van der Waals surface area contributed by atoms with Gasteiger partial charge in [-0.15, -0.1) is 0 Å². The number of nitrogens with zero attached hydrogens (tertiary/aromatic N) is 5. The van der Waals surface area contributed by atoms with Crippen molar-refractivity contribution in [3.63, 3.8) is 0 Å². The van der Waals surface area contributed by atoms with Crippen molar-refractivity contribution >= 4 is 12.0 Å². The van der Waals surface area contributed by atoms with Crippen molar-refractivity contribution in [1.29, 1.82) is 0 Å². The molecule has 2 aliphatic rings. The van der Waals surface area contributed by atoms with Crippen LogP contribution in [0.2, 0.25) is 0 Å².